The second-order valence-electron chi connectivity index (χ2n) is 8.83. The molecule has 3 aromatic rings. The van der Waals surface area contributed by atoms with Gasteiger partial charge < -0.3 is 15.2 Å². The van der Waals surface area contributed by atoms with E-state index >= 15 is 0 Å². The van der Waals surface area contributed by atoms with Crippen LogP contribution in [0.1, 0.15) is 56.3 Å². The number of rotatable bonds is 5. The van der Waals surface area contributed by atoms with Crippen LogP contribution in [0.4, 0.5) is 10.2 Å². The van der Waals surface area contributed by atoms with Crippen molar-refractivity contribution in [1.29, 1.82) is 0 Å². The molecule has 1 saturated carbocycles. The molecule has 172 valence electrons. The van der Waals surface area contributed by atoms with Gasteiger partial charge in [0.2, 0.25) is 5.78 Å². The first kappa shape index (κ1) is 22.1. The van der Waals surface area contributed by atoms with E-state index in [1.807, 2.05) is 32.0 Å². The zero-order valence-corrected chi connectivity index (χ0v) is 19.3. The number of thiophene rings is 1. The van der Waals surface area contributed by atoms with Gasteiger partial charge in [-0.05, 0) is 48.4 Å². The van der Waals surface area contributed by atoms with Gasteiger partial charge in [0.1, 0.15) is 24.4 Å². The molecule has 0 unspecified atom stereocenters. The highest BCUT2D eigenvalue weighted by Gasteiger charge is 2.41. The molecule has 0 spiro atoms. The molecule has 5 atom stereocenters. The summed E-state index contributed by atoms with van der Waals surface area (Å²) in [6.07, 6.45) is 1.48. The van der Waals surface area contributed by atoms with Gasteiger partial charge in [-0.3, -0.25) is 4.79 Å². The Morgan fingerprint density at radius 2 is 2.12 bits per heavy atom. The first-order valence-electron chi connectivity index (χ1n) is 11.2. The highest BCUT2D eigenvalue weighted by molar-refractivity contribution is 7.14. The van der Waals surface area contributed by atoms with E-state index in [2.05, 4.69) is 27.4 Å². The van der Waals surface area contributed by atoms with Crippen molar-refractivity contribution in [3.05, 3.63) is 74.9 Å². The largest absolute Gasteiger partial charge is 0.390 e. The third kappa shape index (κ3) is 4.07. The van der Waals surface area contributed by atoms with Crippen LogP contribution in [-0.4, -0.2) is 45.8 Å². The second kappa shape index (κ2) is 8.93. The van der Waals surface area contributed by atoms with Gasteiger partial charge in [-0.1, -0.05) is 31.2 Å². The number of aromatic nitrogens is 2. The molecule has 2 aromatic heterocycles. The molecule has 3 heterocycles. The van der Waals surface area contributed by atoms with Crippen LogP contribution < -0.4 is 5.32 Å². The molecule has 5 rings (SSSR count). The number of benzene rings is 1. The second-order valence-corrected chi connectivity index (χ2v) is 10.1. The molecule has 1 aliphatic carbocycles. The van der Waals surface area contributed by atoms with Crippen LogP contribution in [-0.2, 0) is 11.2 Å². The van der Waals surface area contributed by atoms with Crippen molar-refractivity contribution < 1.29 is 19.0 Å². The van der Waals surface area contributed by atoms with Crippen molar-refractivity contribution in [2.45, 2.75) is 51.1 Å². The van der Waals surface area contributed by atoms with Gasteiger partial charge in [-0.25, -0.2) is 14.4 Å². The average Bonchev–Trinajstić information content (AvgIpc) is 3.33. The van der Waals surface area contributed by atoms with E-state index in [0.717, 1.165) is 22.4 Å². The maximum atomic E-state index is 14.5. The van der Waals surface area contributed by atoms with Crippen LogP contribution in [0.15, 0.2) is 42.9 Å². The van der Waals surface area contributed by atoms with E-state index in [9.17, 15) is 14.3 Å². The number of nitrogens with one attached hydrogen (secondary N) is 1. The SMILES string of the molecule is Cc1sc(C(=O)c2cncnc2N[C@@H]2C[C@@H](C)[C@@H](O)[C@@H]2F)cc1[C@@H]1OCCc2ccccc21. The summed E-state index contributed by atoms with van der Waals surface area (Å²) in [6, 6.07) is 9.53. The molecule has 2 aliphatic rings. The summed E-state index contributed by atoms with van der Waals surface area (Å²) in [4.78, 5) is 23.3. The van der Waals surface area contributed by atoms with Crippen LogP contribution in [0, 0.1) is 12.8 Å². The number of nitrogens with zero attached hydrogens (tertiary/aromatic N) is 2. The molecular weight excluding hydrogens is 441 g/mol. The number of hydrogen-bond acceptors (Lipinski definition) is 7. The number of carbonyl (C=O) groups is 1. The Kier molecular flexibility index (Phi) is 5.99. The summed E-state index contributed by atoms with van der Waals surface area (Å²) in [7, 11) is 0. The summed E-state index contributed by atoms with van der Waals surface area (Å²) >= 11 is 1.41. The number of ether oxygens (including phenoxy) is 1. The van der Waals surface area contributed by atoms with Gasteiger partial charge >= 0.3 is 0 Å². The van der Waals surface area contributed by atoms with E-state index in [1.165, 1.54) is 29.4 Å². The zero-order chi connectivity index (χ0) is 23.1. The van der Waals surface area contributed by atoms with Crippen molar-refractivity contribution in [3.63, 3.8) is 0 Å². The highest BCUT2D eigenvalue weighted by atomic mass is 32.1. The number of alkyl halides is 1. The molecule has 1 fully saturated rings. The monoisotopic (exact) mass is 467 g/mol. The fourth-order valence-electron chi connectivity index (χ4n) is 4.80. The van der Waals surface area contributed by atoms with Crippen molar-refractivity contribution in [3.8, 4) is 0 Å². The number of aliphatic hydroxyl groups excluding tert-OH is 1. The normalized spacial score (nSPS) is 26.7. The lowest BCUT2D eigenvalue weighted by Gasteiger charge is -2.26. The number of carbonyl (C=O) groups excluding carboxylic acids is 1. The first-order valence-corrected chi connectivity index (χ1v) is 12.0. The molecule has 0 bridgehead atoms. The minimum Gasteiger partial charge on any atom is -0.390 e. The molecule has 33 heavy (non-hydrogen) atoms. The minimum absolute atomic E-state index is 0.167. The lowest BCUT2D eigenvalue weighted by molar-refractivity contribution is 0.0697. The lowest BCUT2D eigenvalue weighted by Crippen LogP contribution is -2.32. The molecule has 1 aliphatic heterocycles. The predicted molar refractivity (Wildman–Crippen MR) is 125 cm³/mol. The highest BCUT2D eigenvalue weighted by Crippen LogP contribution is 2.38. The van der Waals surface area contributed by atoms with Crippen LogP contribution in [0.3, 0.4) is 0 Å². The van der Waals surface area contributed by atoms with E-state index in [4.69, 9.17) is 4.74 Å². The van der Waals surface area contributed by atoms with Crippen molar-refractivity contribution in [2.24, 2.45) is 5.92 Å². The standard InChI is InChI=1S/C25H26FN3O3S/c1-13-9-19(21(26)22(13)30)29-25-18(11-27-12-28-25)23(31)20-10-17(14(2)33-20)24-16-6-4-3-5-15(16)7-8-32-24/h3-6,10-13,19,21-22,24,30H,7-9H2,1-2H3,(H,27,28,29)/t13-,19-,21-,22-,24-/m1/s1. The van der Waals surface area contributed by atoms with E-state index in [0.29, 0.717) is 17.9 Å². The molecule has 1 aromatic carbocycles. The fraction of sp³-hybridized carbons (Fsp3) is 0.400. The molecular formula is C25H26FN3O3S. The minimum atomic E-state index is -1.42. The number of anilines is 1. The van der Waals surface area contributed by atoms with Crippen molar-refractivity contribution >= 4 is 22.9 Å². The topological polar surface area (TPSA) is 84.3 Å². The van der Waals surface area contributed by atoms with Crippen molar-refractivity contribution in [1.82, 2.24) is 9.97 Å². The van der Waals surface area contributed by atoms with Crippen LogP contribution in [0.5, 0.6) is 0 Å². The molecule has 6 nitrogen and oxygen atoms in total. The number of fused-ring (bicyclic) bond motifs is 1. The molecule has 8 heteroatoms. The number of aryl methyl sites for hydroxylation is 1. The zero-order valence-electron chi connectivity index (χ0n) is 18.5. The van der Waals surface area contributed by atoms with E-state index < -0.39 is 18.3 Å². The quantitative estimate of drug-likeness (QED) is 0.546. The lowest BCUT2D eigenvalue weighted by atomic mass is 9.93. The first-order chi connectivity index (χ1) is 15.9. The van der Waals surface area contributed by atoms with Gasteiger partial charge in [0.25, 0.3) is 0 Å². The van der Waals surface area contributed by atoms with E-state index in [1.54, 1.807) is 0 Å². The number of halogens is 1. The van der Waals surface area contributed by atoms with Gasteiger partial charge in [0.05, 0.1) is 29.2 Å². The Bertz CT molecular complexity index is 1180. The third-order valence-corrected chi connectivity index (χ3v) is 7.72. The number of hydrogen-bond donors (Lipinski definition) is 2. The Balaban J connectivity index is 1.43. The van der Waals surface area contributed by atoms with Crippen LogP contribution >= 0.6 is 11.3 Å². The summed E-state index contributed by atoms with van der Waals surface area (Å²) in [6.45, 7) is 4.44. The molecule has 0 saturated heterocycles. The molecule has 2 N–H and O–H groups in total. The Hall–Kier alpha value is -2.68. The van der Waals surface area contributed by atoms with Gasteiger partial charge in [0, 0.05) is 11.1 Å². The summed E-state index contributed by atoms with van der Waals surface area (Å²) in [5, 5.41) is 13.0. The smallest absolute Gasteiger partial charge is 0.208 e. The van der Waals surface area contributed by atoms with Crippen LogP contribution in [0.25, 0.3) is 0 Å². The maximum Gasteiger partial charge on any atom is 0.208 e. The predicted octanol–water partition coefficient (Wildman–Crippen LogP) is 4.26. The molecule has 0 amide bonds. The summed E-state index contributed by atoms with van der Waals surface area (Å²) in [5.41, 5.74) is 3.68. The molecule has 0 radical (unpaired) electrons. The number of aliphatic hydroxyl groups is 1. The summed E-state index contributed by atoms with van der Waals surface area (Å²) < 4.78 is 20.6. The number of ketones is 1. The third-order valence-electron chi connectivity index (χ3n) is 6.65. The van der Waals surface area contributed by atoms with Gasteiger partial charge in [-0.15, -0.1) is 11.3 Å². The van der Waals surface area contributed by atoms with Crippen molar-refractivity contribution in [2.75, 3.05) is 11.9 Å². The fourth-order valence-corrected chi connectivity index (χ4v) is 5.80. The average molecular weight is 468 g/mol. The maximum absolute atomic E-state index is 14.5. The van der Waals surface area contributed by atoms with E-state index in [-0.39, 0.29) is 29.2 Å². The van der Waals surface area contributed by atoms with Gasteiger partial charge in [-0.2, -0.15) is 0 Å². The van der Waals surface area contributed by atoms with Crippen LogP contribution in [0.2, 0.25) is 0 Å². The Morgan fingerprint density at radius 1 is 1.30 bits per heavy atom. The summed E-state index contributed by atoms with van der Waals surface area (Å²) in [5.74, 6) is -0.0984. The Labute approximate surface area is 195 Å². The van der Waals surface area contributed by atoms with Gasteiger partial charge in [0.15, 0.2) is 0 Å². The Morgan fingerprint density at radius 3 is 2.91 bits per heavy atom.